The molecule has 5 heterocycles. The van der Waals surface area contributed by atoms with Crippen LogP contribution < -0.4 is 5.32 Å². The van der Waals surface area contributed by atoms with Gasteiger partial charge < -0.3 is 14.8 Å². The first kappa shape index (κ1) is 25.1. The Morgan fingerprint density at radius 3 is 2.58 bits per heavy atom. The molecule has 0 radical (unpaired) electrons. The summed E-state index contributed by atoms with van der Waals surface area (Å²) in [4.78, 5) is 18.4. The molecule has 4 aromatic heterocycles. The smallest absolute Gasteiger partial charge is 0.256 e. The van der Waals surface area contributed by atoms with Gasteiger partial charge in [0.25, 0.3) is 6.43 Å². The number of hydrogen-bond acceptors (Lipinski definition) is 7. The minimum atomic E-state index is -2.46. The number of imidazole rings is 1. The van der Waals surface area contributed by atoms with E-state index in [0.29, 0.717) is 28.9 Å². The fraction of sp³-hybridized carbons (Fsp3) is 0.556. The second-order valence-corrected chi connectivity index (χ2v) is 10.8. The zero-order chi connectivity index (χ0) is 26.2. The van der Waals surface area contributed by atoms with Gasteiger partial charge in [0.05, 0.1) is 23.8 Å². The second kappa shape index (κ2) is 10.5. The molecule has 0 atom stereocenters. The van der Waals surface area contributed by atoms with Crippen molar-refractivity contribution in [2.75, 3.05) is 45.1 Å². The van der Waals surface area contributed by atoms with Crippen LogP contribution in [0.2, 0.25) is 0 Å². The number of aryl methyl sites for hydroxylation is 1. The van der Waals surface area contributed by atoms with E-state index in [1.165, 1.54) is 56.4 Å². The van der Waals surface area contributed by atoms with Gasteiger partial charge in [-0.25, -0.2) is 28.2 Å². The summed E-state index contributed by atoms with van der Waals surface area (Å²) in [5.74, 6) is 1.77. The molecule has 0 unspecified atom stereocenters. The Bertz CT molecular complexity index is 1400. The Balaban J connectivity index is 1.11. The molecule has 202 valence electrons. The molecule has 0 bridgehead atoms. The summed E-state index contributed by atoms with van der Waals surface area (Å²) >= 11 is 0. The van der Waals surface area contributed by atoms with E-state index in [1.54, 1.807) is 23.8 Å². The SMILES string of the molecule is Cc1nc2ncc(-c3ccn4nc(NCC5CCC(N6CCN(C)CC6)CC5)ncc34)cc2n1CC(F)F. The third-order valence-electron chi connectivity index (χ3n) is 8.26. The molecule has 0 spiro atoms. The maximum atomic E-state index is 13.1. The summed E-state index contributed by atoms with van der Waals surface area (Å²) in [5, 5.41) is 8.12. The normalized spacial score (nSPS) is 21.6. The Labute approximate surface area is 220 Å². The number of halogens is 2. The molecule has 0 aromatic carbocycles. The van der Waals surface area contributed by atoms with Gasteiger partial charge in [0.1, 0.15) is 5.82 Å². The van der Waals surface area contributed by atoms with E-state index in [0.717, 1.165) is 29.2 Å². The van der Waals surface area contributed by atoms with Crippen molar-refractivity contribution in [1.29, 1.82) is 0 Å². The minimum Gasteiger partial charge on any atom is -0.353 e. The number of anilines is 1. The lowest BCUT2D eigenvalue weighted by Gasteiger charge is -2.41. The highest BCUT2D eigenvalue weighted by Gasteiger charge is 2.27. The van der Waals surface area contributed by atoms with Crippen LogP contribution in [-0.2, 0) is 6.54 Å². The van der Waals surface area contributed by atoms with Crippen LogP contribution in [-0.4, -0.2) is 91.2 Å². The molecular formula is C27H35F2N9. The van der Waals surface area contributed by atoms with Gasteiger partial charge >= 0.3 is 0 Å². The number of piperazine rings is 1. The predicted octanol–water partition coefficient (Wildman–Crippen LogP) is 3.93. The van der Waals surface area contributed by atoms with E-state index in [2.05, 4.69) is 42.2 Å². The van der Waals surface area contributed by atoms with Crippen molar-refractivity contribution in [1.82, 2.24) is 38.9 Å². The first-order valence-electron chi connectivity index (χ1n) is 13.6. The maximum Gasteiger partial charge on any atom is 0.256 e. The van der Waals surface area contributed by atoms with Gasteiger partial charge in [-0.1, -0.05) is 0 Å². The van der Waals surface area contributed by atoms with Gasteiger partial charge in [-0.15, -0.1) is 5.10 Å². The fourth-order valence-electron chi connectivity index (χ4n) is 6.00. The average molecular weight is 524 g/mol. The van der Waals surface area contributed by atoms with Crippen LogP contribution in [0.3, 0.4) is 0 Å². The third kappa shape index (κ3) is 5.09. The molecule has 4 aromatic rings. The number of fused-ring (bicyclic) bond motifs is 2. The fourth-order valence-corrected chi connectivity index (χ4v) is 6.00. The van der Waals surface area contributed by atoms with Gasteiger partial charge in [-0.3, -0.25) is 4.90 Å². The number of alkyl halides is 2. The Kier molecular flexibility index (Phi) is 6.96. The topological polar surface area (TPSA) is 79.4 Å². The van der Waals surface area contributed by atoms with E-state index in [1.807, 2.05) is 18.3 Å². The molecule has 38 heavy (non-hydrogen) atoms. The standard InChI is InChI=1S/C27H35F2N9/c1-18-33-26-23(37(18)17-25(28)29)13-20(15-30-26)22-7-8-38-24(22)16-32-27(34-38)31-14-19-3-5-21(6-4-19)36-11-9-35(2)10-12-36/h7-8,13,15-16,19,21,25H,3-6,9-12,14,17H2,1-2H3,(H,31,34). The van der Waals surface area contributed by atoms with Gasteiger partial charge in [-0.05, 0) is 57.7 Å². The highest BCUT2D eigenvalue weighted by molar-refractivity contribution is 5.85. The summed E-state index contributed by atoms with van der Waals surface area (Å²) in [5.41, 5.74) is 3.62. The number of hydrogen-bond donors (Lipinski definition) is 1. The first-order chi connectivity index (χ1) is 18.4. The zero-order valence-corrected chi connectivity index (χ0v) is 22.0. The van der Waals surface area contributed by atoms with Crippen molar-refractivity contribution in [2.24, 2.45) is 5.92 Å². The number of likely N-dealkylation sites (N-methyl/N-ethyl adjacent to an activating group) is 1. The number of pyridine rings is 1. The average Bonchev–Trinajstić information content (AvgIpc) is 3.48. The molecule has 6 rings (SSSR count). The lowest BCUT2D eigenvalue weighted by Crippen LogP contribution is -2.50. The van der Waals surface area contributed by atoms with Gasteiger partial charge in [0.2, 0.25) is 5.95 Å². The number of nitrogens with zero attached hydrogens (tertiary/aromatic N) is 8. The number of nitrogens with one attached hydrogen (secondary N) is 1. The molecule has 1 saturated carbocycles. The number of rotatable bonds is 7. The lowest BCUT2D eigenvalue weighted by atomic mass is 9.85. The van der Waals surface area contributed by atoms with Gasteiger partial charge in [-0.2, -0.15) is 0 Å². The molecule has 1 aliphatic carbocycles. The predicted molar refractivity (Wildman–Crippen MR) is 144 cm³/mol. The number of aromatic nitrogens is 6. The highest BCUT2D eigenvalue weighted by atomic mass is 19.3. The molecule has 0 amide bonds. The largest absolute Gasteiger partial charge is 0.353 e. The summed E-state index contributed by atoms with van der Waals surface area (Å²) in [6.45, 7) is 6.94. The molecule has 11 heteroatoms. The van der Waals surface area contributed by atoms with Crippen LogP contribution in [0.5, 0.6) is 0 Å². The van der Waals surface area contributed by atoms with Crippen molar-refractivity contribution in [3.8, 4) is 11.1 Å². The quantitative estimate of drug-likeness (QED) is 0.393. The van der Waals surface area contributed by atoms with Crippen LogP contribution in [0, 0.1) is 12.8 Å². The molecular weight excluding hydrogens is 488 g/mol. The van der Waals surface area contributed by atoms with E-state index in [-0.39, 0.29) is 0 Å². The van der Waals surface area contributed by atoms with E-state index in [4.69, 9.17) is 0 Å². The zero-order valence-electron chi connectivity index (χ0n) is 22.0. The monoisotopic (exact) mass is 523 g/mol. The van der Waals surface area contributed by atoms with Crippen LogP contribution >= 0.6 is 0 Å². The summed E-state index contributed by atoms with van der Waals surface area (Å²) in [6, 6.07) is 4.55. The van der Waals surface area contributed by atoms with E-state index >= 15 is 0 Å². The first-order valence-corrected chi connectivity index (χ1v) is 13.6. The second-order valence-electron chi connectivity index (χ2n) is 10.8. The lowest BCUT2D eigenvalue weighted by molar-refractivity contribution is 0.0825. The van der Waals surface area contributed by atoms with Gasteiger partial charge in [0, 0.05) is 62.3 Å². The molecule has 2 aliphatic rings. The van der Waals surface area contributed by atoms with E-state index < -0.39 is 13.0 Å². The molecule has 2 fully saturated rings. The van der Waals surface area contributed by atoms with Crippen molar-refractivity contribution in [3.05, 3.63) is 36.5 Å². The Morgan fingerprint density at radius 1 is 1.03 bits per heavy atom. The van der Waals surface area contributed by atoms with Crippen LogP contribution in [0.15, 0.2) is 30.7 Å². The highest BCUT2D eigenvalue weighted by Crippen LogP contribution is 2.30. The van der Waals surface area contributed by atoms with Crippen molar-refractivity contribution >= 4 is 22.6 Å². The van der Waals surface area contributed by atoms with Crippen LogP contribution in [0.1, 0.15) is 31.5 Å². The summed E-state index contributed by atoms with van der Waals surface area (Å²) in [6.07, 6.45) is 7.97. The Hall–Kier alpha value is -3.18. The Morgan fingerprint density at radius 2 is 1.82 bits per heavy atom. The molecule has 1 N–H and O–H groups in total. The van der Waals surface area contributed by atoms with Gasteiger partial charge in [0.15, 0.2) is 5.65 Å². The van der Waals surface area contributed by atoms with E-state index in [9.17, 15) is 8.78 Å². The maximum absolute atomic E-state index is 13.1. The third-order valence-corrected chi connectivity index (χ3v) is 8.26. The molecule has 9 nitrogen and oxygen atoms in total. The molecule has 1 aliphatic heterocycles. The van der Waals surface area contributed by atoms with Crippen molar-refractivity contribution < 1.29 is 8.78 Å². The van der Waals surface area contributed by atoms with Crippen LogP contribution in [0.25, 0.3) is 27.8 Å². The van der Waals surface area contributed by atoms with Crippen molar-refractivity contribution in [2.45, 2.75) is 51.6 Å². The van der Waals surface area contributed by atoms with Crippen LogP contribution in [0.4, 0.5) is 14.7 Å². The minimum absolute atomic E-state index is 0.403. The molecule has 1 saturated heterocycles. The van der Waals surface area contributed by atoms with Crippen molar-refractivity contribution in [3.63, 3.8) is 0 Å². The summed E-state index contributed by atoms with van der Waals surface area (Å²) < 4.78 is 29.6. The summed E-state index contributed by atoms with van der Waals surface area (Å²) in [7, 11) is 2.21.